The van der Waals surface area contributed by atoms with Gasteiger partial charge in [0.05, 0.1) is 17.9 Å². The summed E-state index contributed by atoms with van der Waals surface area (Å²) in [5.41, 5.74) is 4.64. The van der Waals surface area contributed by atoms with Gasteiger partial charge in [0.1, 0.15) is 0 Å². The van der Waals surface area contributed by atoms with Crippen molar-refractivity contribution in [2.24, 2.45) is 5.41 Å². The number of aromatic nitrogens is 2. The molecule has 2 aliphatic rings. The van der Waals surface area contributed by atoms with Gasteiger partial charge in [0, 0.05) is 31.6 Å². The second-order valence-electron chi connectivity index (χ2n) is 8.21. The molecular formula is C20H30Cl2N4. The van der Waals surface area contributed by atoms with Gasteiger partial charge in [-0.15, -0.1) is 24.8 Å². The maximum Gasteiger partial charge on any atom is 0.0768 e. The molecule has 0 bridgehead atoms. The normalized spacial score (nSPS) is 22.9. The number of likely N-dealkylation sites (N-methyl/N-ethyl adjacent to an activating group) is 1. The van der Waals surface area contributed by atoms with Gasteiger partial charge < -0.3 is 5.32 Å². The highest BCUT2D eigenvalue weighted by Crippen LogP contribution is 2.64. The van der Waals surface area contributed by atoms with Crippen molar-refractivity contribution in [3.05, 3.63) is 53.3 Å². The van der Waals surface area contributed by atoms with Gasteiger partial charge in [-0.3, -0.25) is 9.58 Å². The summed E-state index contributed by atoms with van der Waals surface area (Å²) in [6.45, 7) is 9.76. The van der Waals surface area contributed by atoms with E-state index in [4.69, 9.17) is 5.10 Å². The zero-order valence-corrected chi connectivity index (χ0v) is 17.5. The van der Waals surface area contributed by atoms with Crippen LogP contribution < -0.4 is 5.32 Å². The molecule has 0 radical (unpaired) electrons. The predicted molar refractivity (Wildman–Crippen MR) is 111 cm³/mol. The molecular weight excluding hydrogens is 367 g/mol. The van der Waals surface area contributed by atoms with Gasteiger partial charge in [-0.05, 0) is 30.5 Å². The number of hydrogen-bond acceptors (Lipinski definition) is 3. The summed E-state index contributed by atoms with van der Waals surface area (Å²) in [7, 11) is 2.23. The molecule has 2 aromatic rings. The smallest absolute Gasteiger partial charge is 0.0768 e. The van der Waals surface area contributed by atoms with Crippen molar-refractivity contribution in [3.63, 3.8) is 0 Å². The standard InChI is InChI=1S/C20H28N4.2ClH/c1-19(2)14-20(19,16-7-5-4-6-8-16)15-23(3)13-17-11-18-12-21-9-10-24(18)22-17;;/h4-8,11,21H,9-10,12-15H2,1-3H3;2*1H. The fourth-order valence-corrected chi connectivity index (χ4v) is 4.44. The zero-order valence-electron chi connectivity index (χ0n) is 15.9. The molecule has 1 aromatic carbocycles. The molecule has 0 saturated heterocycles. The van der Waals surface area contributed by atoms with E-state index in [1.807, 2.05) is 0 Å². The third kappa shape index (κ3) is 3.79. The Morgan fingerprint density at radius 2 is 1.88 bits per heavy atom. The number of nitrogens with one attached hydrogen (secondary N) is 1. The van der Waals surface area contributed by atoms with Crippen LogP contribution in [0.5, 0.6) is 0 Å². The Bertz CT molecular complexity index is 705. The topological polar surface area (TPSA) is 33.1 Å². The fraction of sp³-hybridized carbons (Fsp3) is 0.550. The number of benzene rings is 1. The highest BCUT2D eigenvalue weighted by atomic mass is 35.5. The molecule has 26 heavy (non-hydrogen) atoms. The molecule has 1 unspecified atom stereocenters. The second-order valence-corrected chi connectivity index (χ2v) is 8.21. The molecule has 1 aliphatic heterocycles. The molecule has 4 rings (SSSR count). The lowest BCUT2D eigenvalue weighted by atomic mass is 9.87. The van der Waals surface area contributed by atoms with Crippen molar-refractivity contribution in [2.75, 3.05) is 20.1 Å². The van der Waals surface area contributed by atoms with E-state index in [-0.39, 0.29) is 30.2 Å². The minimum absolute atomic E-state index is 0. The van der Waals surface area contributed by atoms with Crippen LogP contribution in [0.4, 0.5) is 0 Å². The van der Waals surface area contributed by atoms with Crippen LogP contribution in [0.25, 0.3) is 0 Å². The Hall–Kier alpha value is -1.07. The first-order valence-electron chi connectivity index (χ1n) is 9.01. The van der Waals surface area contributed by atoms with Gasteiger partial charge in [-0.2, -0.15) is 5.10 Å². The average Bonchev–Trinajstić information content (AvgIpc) is 2.91. The van der Waals surface area contributed by atoms with Gasteiger partial charge in [-0.1, -0.05) is 44.2 Å². The molecule has 4 nitrogen and oxygen atoms in total. The van der Waals surface area contributed by atoms with E-state index >= 15 is 0 Å². The van der Waals surface area contributed by atoms with Crippen LogP contribution in [0, 0.1) is 5.41 Å². The summed E-state index contributed by atoms with van der Waals surface area (Å²) in [4.78, 5) is 2.45. The molecule has 2 heterocycles. The highest BCUT2D eigenvalue weighted by molar-refractivity contribution is 5.85. The van der Waals surface area contributed by atoms with Gasteiger partial charge in [0.15, 0.2) is 0 Å². The lowest BCUT2D eigenvalue weighted by molar-refractivity contribution is 0.268. The van der Waals surface area contributed by atoms with Gasteiger partial charge in [-0.25, -0.2) is 0 Å². The molecule has 6 heteroatoms. The van der Waals surface area contributed by atoms with Crippen molar-refractivity contribution in [2.45, 2.75) is 45.3 Å². The minimum Gasteiger partial charge on any atom is -0.309 e. The zero-order chi connectivity index (χ0) is 16.8. The van der Waals surface area contributed by atoms with E-state index in [1.165, 1.54) is 23.4 Å². The SMILES string of the molecule is CN(Cc1cc2n(n1)CCNC2)CC1(c2ccccc2)CC1(C)C.Cl.Cl. The summed E-state index contributed by atoms with van der Waals surface area (Å²) < 4.78 is 2.16. The van der Waals surface area contributed by atoms with Crippen molar-refractivity contribution in [3.8, 4) is 0 Å². The van der Waals surface area contributed by atoms with E-state index in [9.17, 15) is 0 Å². The van der Waals surface area contributed by atoms with Gasteiger partial charge >= 0.3 is 0 Å². The van der Waals surface area contributed by atoms with Crippen LogP contribution in [-0.4, -0.2) is 34.8 Å². The van der Waals surface area contributed by atoms with Gasteiger partial charge in [0.2, 0.25) is 0 Å². The fourth-order valence-electron chi connectivity index (χ4n) is 4.44. The summed E-state index contributed by atoms with van der Waals surface area (Å²) in [5, 5.41) is 8.20. The first kappa shape index (κ1) is 21.2. The average molecular weight is 397 g/mol. The van der Waals surface area contributed by atoms with Crippen LogP contribution >= 0.6 is 24.8 Å². The van der Waals surface area contributed by atoms with Crippen LogP contribution in [0.1, 0.15) is 37.2 Å². The van der Waals surface area contributed by atoms with E-state index in [1.54, 1.807) is 0 Å². The second kappa shape index (κ2) is 7.89. The first-order chi connectivity index (χ1) is 11.5. The van der Waals surface area contributed by atoms with Crippen molar-refractivity contribution < 1.29 is 0 Å². The largest absolute Gasteiger partial charge is 0.309 e. The number of nitrogens with zero attached hydrogens (tertiary/aromatic N) is 3. The molecule has 0 spiro atoms. The summed E-state index contributed by atoms with van der Waals surface area (Å²) in [6.07, 6.45) is 1.26. The lowest BCUT2D eigenvalue weighted by Crippen LogP contribution is -2.32. The summed E-state index contributed by atoms with van der Waals surface area (Å²) in [5.74, 6) is 0. The summed E-state index contributed by atoms with van der Waals surface area (Å²) in [6, 6.07) is 13.3. The van der Waals surface area contributed by atoms with Crippen LogP contribution in [0.15, 0.2) is 36.4 Å². The van der Waals surface area contributed by atoms with E-state index in [2.05, 4.69) is 72.2 Å². The highest BCUT2D eigenvalue weighted by Gasteiger charge is 2.61. The third-order valence-electron chi connectivity index (χ3n) is 5.93. The number of rotatable bonds is 5. The Morgan fingerprint density at radius 1 is 1.19 bits per heavy atom. The maximum atomic E-state index is 4.79. The van der Waals surface area contributed by atoms with Crippen molar-refractivity contribution in [1.82, 2.24) is 20.0 Å². The molecule has 144 valence electrons. The molecule has 1 saturated carbocycles. The summed E-state index contributed by atoms with van der Waals surface area (Å²) >= 11 is 0. The molecule has 0 amide bonds. The first-order valence-corrected chi connectivity index (χ1v) is 9.01. The Kier molecular flexibility index (Phi) is 6.44. The Labute approximate surface area is 169 Å². The molecule has 1 N–H and O–H groups in total. The lowest BCUT2D eigenvalue weighted by Gasteiger charge is -2.27. The van der Waals surface area contributed by atoms with Crippen LogP contribution in [-0.2, 0) is 25.0 Å². The predicted octanol–water partition coefficient (Wildman–Crippen LogP) is 3.63. The van der Waals surface area contributed by atoms with Crippen molar-refractivity contribution >= 4 is 24.8 Å². The van der Waals surface area contributed by atoms with Crippen LogP contribution in [0.2, 0.25) is 0 Å². The van der Waals surface area contributed by atoms with E-state index in [0.717, 1.165) is 32.7 Å². The third-order valence-corrected chi connectivity index (χ3v) is 5.93. The monoisotopic (exact) mass is 396 g/mol. The van der Waals surface area contributed by atoms with E-state index in [0.29, 0.717) is 5.41 Å². The Morgan fingerprint density at radius 3 is 2.50 bits per heavy atom. The van der Waals surface area contributed by atoms with Crippen LogP contribution in [0.3, 0.4) is 0 Å². The number of fused-ring (bicyclic) bond motifs is 1. The quantitative estimate of drug-likeness (QED) is 0.837. The van der Waals surface area contributed by atoms with Crippen molar-refractivity contribution in [1.29, 1.82) is 0 Å². The van der Waals surface area contributed by atoms with Gasteiger partial charge in [0.25, 0.3) is 0 Å². The number of hydrogen-bond donors (Lipinski definition) is 1. The minimum atomic E-state index is 0. The molecule has 1 aromatic heterocycles. The maximum absolute atomic E-state index is 4.79. The molecule has 1 atom stereocenters. The Balaban J connectivity index is 0.00000121. The molecule has 1 fully saturated rings. The number of halogens is 2. The molecule has 1 aliphatic carbocycles. The van der Waals surface area contributed by atoms with E-state index < -0.39 is 0 Å².